The van der Waals surface area contributed by atoms with Gasteiger partial charge in [-0.2, -0.15) is 0 Å². The van der Waals surface area contributed by atoms with Crippen molar-refractivity contribution < 1.29 is 4.79 Å². The van der Waals surface area contributed by atoms with Gasteiger partial charge in [0.05, 0.1) is 5.52 Å². The molecule has 5 rings (SSSR count). The number of hydrogen-bond donors (Lipinski definition) is 2. The highest BCUT2D eigenvalue weighted by Gasteiger charge is 2.21. The average molecular weight is 451 g/mol. The van der Waals surface area contributed by atoms with E-state index in [-0.39, 0.29) is 11.9 Å². The van der Waals surface area contributed by atoms with Gasteiger partial charge in [-0.3, -0.25) is 14.7 Å². The van der Waals surface area contributed by atoms with E-state index < -0.39 is 0 Å². The number of hydrogen-bond acceptors (Lipinski definition) is 4. The lowest BCUT2D eigenvalue weighted by Gasteiger charge is -2.32. The molecular weight excluding hydrogens is 420 g/mol. The number of piperidine rings is 1. The van der Waals surface area contributed by atoms with Crippen LogP contribution in [-0.2, 0) is 13.1 Å². The van der Waals surface area contributed by atoms with E-state index in [1.807, 2.05) is 54.7 Å². The molecule has 5 heteroatoms. The lowest BCUT2D eigenvalue weighted by atomic mass is 10.0. The maximum atomic E-state index is 12.8. The van der Waals surface area contributed by atoms with Crippen LogP contribution in [0, 0.1) is 0 Å². The van der Waals surface area contributed by atoms with Crippen molar-refractivity contribution in [2.45, 2.75) is 32.0 Å². The molecule has 0 aliphatic carbocycles. The highest BCUT2D eigenvalue weighted by atomic mass is 16.1. The first-order valence-electron chi connectivity index (χ1n) is 12.0. The maximum Gasteiger partial charge on any atom is 0.251 e. The summed E-state index contributed by atoms with van der Waals surface area (Å²) in [5, 5.41) is 7.84. The number of carbonyl (C=O) groups is 1. The van der Waals surface area contributed by atoms with Crippen molar-refractivity contribution >= 4 is 22.5 Å². The van der Waals surface area contributed by atoms with E-state index in [0.29, 0.717) is 12.1 Å². The molecule has 5 nitrogen and oxygen atoms in total. The third kappa shape index (κ3) is 5.43. The average Bonchev–Trinajstić information content (AvgIpc) is 2.89. The molecule has 172 valence electrons. The van der Waals surface area contributed by atoms with Crippen molar-refractivity contribution in [2.24, 2.45) is 0 Å². The molecule has 0 radical (unpaired) electrons. The molecule has 2 N–H and O–H groups in total. The van der Waals surface area contributed by atoms with Crippen LogP contribution in [0.3, 0.4) is 0 Å². The predicted molar refractivity (Wildman–Crippen MR) is 138 cm³/mol. The molecule has 1 aromatic heterocycles. The molecule has 1 saturated heterocycles. The van der Waals surface area contributed by atoms with Gasteiger partial charge in [0.2, 0.25) is 0 Å². The Kier molecular flexibility index (Phi) is 6.82. The zero-order valence-electron chi connectivity index (χ0n) is 19.3. The highest BCUT2D eigenvalue weighted by Crippen LogP contribution is 2.19. The minimum absolute atomic E-state index is 0.00758. The summed E-state index contributed by atoms with van der Waals surface area (Å²) < 4.78 is 0. The zero-order chi connectivity index (χ0) is 23.2. The first-order chi connectivity index (χ1) is 16.7. The van der Waals surface area contributed by atoms with Gasteiger partial charge in [-0.25, -0.2) is 0 Å². The topological polar surface area (TPSA) is 57.3 Å². The Labute approximate surface area is 200 Å². The van der Waals surface area contributed by atoms with Gasteiger partial charge >= 0.3 is 0 Å². The standard InChI is InChI=1S/C29H30N4O/c34-29(32-26-15-18-33(19-16-26)21-22-6-2-1-3-7-22)23-10-12-25(13-11-23)31-20-24-14-17-30-28-9-5-4-8-27(24)28/h1-14,17,26,31H,15-16,18-21H2,(H,32,34). The minimum Gasteiger partial charge on any atom is -0.381 e. The Morgan fingerprint density at radius 1 is 0.882 bits per heavy atom. The summed E-state index contributed by atoms with van der Waals surface area (Å²) in [4.78, 5) is 19.7. The lowest BCUT2D eigenvalue weighted by molar-refractivity contribution is 0.0909. The number of para-hydroxylation sites is 1. The van der Waals surface area contributed by atoms with Gasteiger partial charge in [-0.1, -0.05) is 48.5 Å². The Bertz CT molecular complexity index is 1230. The van der Waals surface area contributed by atoms with Crippen LogP contribution in [0.15, 0.2) is 91.1 Å². The van der Waals surface area contributed by atoms with Crippen LogP contribution in [0.25, 0.3) is 10.9 Å². The third-order valence-electron chi connectivity index (χ3n) is 6.54. The molecule has 34 heavy (non-hydrogen) atoms. The van der Waals surface area contributed by atoms with E-state index in [1.165, 1.54) is 11.1 Å². The van der Waals surface area contributed by atoms with Gasteiger partial charge in [0.25, 0.3) is 5.91 Å². The van der Waals surface area contributed by atoms with E-state index in [9.17, 15) is 4.79 Å². The summed E-state index contributed by atoms with van der Waals surface area (Å²) in [6.45, 7) is 3.69. The molecule has 1 amide bonds. The first-order valence-corrected chi connectivity index (χ1v) is 12.0. The zero-order valence-corrected chi connectivity index (χ0v) is 19.3. The molecule has 4 aromatic rings. The summed E-state index contributed by atoms with van der Waals surface area (Å²) in [6, 6.07) is 28.8. The second-order valence-corrected chi connectivity index (χ2v) is 8.93. The molecule has 2 heterocycles. The number of amides is 1. The number of nitrogens with one attached hydrogen (secondary N) is 2. The number of benzene rings is 3. The molecule has 1 aliphatic heterocycles. The lowest BCUT2D eigenvalue weighted by Crippen LogP contribution is -2.44. The largest absolute Gasteiger partial charge is 0.381 e. The quantitative estimate of drug-likeness (QED) is 0.404. The van der Waals surface area contributed by atoms with E-state index in [0.717, 1.165) is 49.1 Å². The SMILES string of the molecule is O=C(NC1CCN(Cc2ccccc2)CC1)c1ccc(NCc2ccnc3ccccc23)cc1. The van der Waals surface area contributed by atoms with Crippen molar-refractivity contribution in [2.75, 3.05) is 18.4 Å². The molecule has 0 unspecified atom stereocenters. The van der Waals surface area contributed by atoms with Crippen molar-refractivity contribution in [1.82, 2.24) is 15.2 Å². The van der Waals surface area contributed by atoms with Crippen LogP contribution in [0.2, 0.25) is 0 Å². The monoisotopic (exact) mass is 450 g/mol. The molecule has 1 aliphatic rings. The molecular formula is C29H30N4O. The second-order valence-electron chi connectivity index (χ2n) is 8.93. The van der Waals surface area contributed by atoms with E-state index in [2.05, 4.69) is 56.9 Å². The van der Waals surface area contributed by atoms with Crippen LogP contribution in [-0.4, -0.2) is 34.9 Å². The molecule has 3 aromatic carbocycles. The fraction of sp³-hybridized carbons (Fsp3) is 0.241. The van der Waals surface area contributed by atoms with Crippen LogP contribution in [0.4, 0.5) is 5.69 Å². The van der Waals surface area contributed by atoms with Crippen LogP contribution < -0.4 is 10.6 Å². The smallest absolute Gasteiger partial charge is 0.251 e. The first kappa shape index (κ1) is 22.1. The number of rotatable bonds is 7. The number of nitrogens with zero attached hydrogens (tertiary/aromatic N) is 2. The van der Waals surface area contributed by atoms with Crippen LogP contribution >= 0.6 is 0 Å². The number of likely N-dealkylation sites (tertiary alicyclic amines) is 1. The summed E-state index contributed by atoms with van der Waals surface area (Å²) in [6.07, 6.45) is 3.81. The van der Waals surface area contributed by atoms with Gasteiger partial charge in [0, 0.05) is 55.1 Å². The van der Waals surface area contributed by atoms with Crippen LogP contribution in [0.5, 0.6) is 0 Å². The number of carbonyl (C=O) groups excluding carboxylic acids is 1. The van der Waals surface area contributed by atoms with Crippen molar-refractivity contribution in [3.8, 4) is 0 Å². The predicted octanol–water partition coefficient (Wildman–Crippen LogP) is 5.24. The maximum absolute atomic E-state index is 12.8. The number of fused-ring (bicyclic) bond motifs is 1. The third-order valence-corrected chi connectivity index (χ3v) is 6.54. The van der Waals surface area contributed by atoms with Gasteiger partial charge in [0.1, 0.15) is 0 Å². The number of aromatic nitrogens is 1. The van der Waals surface area contributed by atoms with E-state index >= 15 is 0 Å². The van der Waals surface area contributed by atoms with Gasteiger partial charge in [-0.15, -0.1) is 0 Å². The number of anilines is 1. The Morgan fingerprint density at radius 2 is 1.62 bits per heavy atom. The van der Waals surface area contributed by atoms with Crippen molar-refractivity contribution in [1.29, 1.82) is 0 Å². The van der Waals surface area contributed by atoms with Gasteiger partial charge in [0.15, 0.2) is 0 Å². The molecule has 0 saturated carbocycles. The minimum atomic E-state index is 0.00758. The summed E-state index contributed by atoms with van der Waals surface area (Å²) in [5.74, 6) is 0.00758. The van der Waals surface area contributed by atoms with Crippen molar-refractivity contribution in [3.05, 3.63) is 108 Å². The second kappa shape index (κ2) is 10.5. The Morgan fingerprint density at radius 3 is 2.41 bits per heavy atom. The number of pyridine rings is 1. The van der Waals surface area contributed by atoms with Crippen molar-refractivity contribution in [3.63, 3.8) is 0 Å². The molecule has 0 spiro atoms. The van der Waals surface area contributed by atoms with Crippen LogP contribution in [0.1, 0.15) is 34.3 Å². The van der Waals surface area contributed by atoms with E-state index in [4.69, 9.17) is 0 Å². The summed E-state index contributed by atoms with van der Waals surface area (Å²) in [7, 11) is 0. The Hall–Kier alpha value is -3.70. The Balaban J connectivity index is 1.11. The van der Waals surface area contributed by atoms with E-state index in [1.54, 1.807) is 0 Å². The molecule has 0 bridgehead atoms. The van der Waals surface area contributed by atoms with Gasteiger partial charge in [-0.05, 0) is 60.4 Å². The molecule has 0 atom stereocenters. The molecule has 1 fully saturated rings. The fourth-order valence-corrected chi connectivity index (χ4v) is 4.59. The highest BCUT2D eigenvalue weighted by molar-refractivity contribution is 5.94. The summed E-state index contributed by atoms with van der Waals surface area (Å²) in [5.41, 5.74) is 5.24. The summed E-state index contributed by atoms with van der Waals surface area (Å²) >= 11 is 0. The van der Waals surface area contributed by atoms with Gasteiger partial charge < -0.3 is 10.6 Å². The normalized spacial score (nSPS) is 14.7. The fourth-order valence-electron chi connectivity index (χ4n) is 4.59.